The Kier molecular flexibility index (Phi) is 4.34. The van der Waals surface area contributed by atoms with Crippen LogP contribution in [0.3, 0.4) is 0 Å². The van der Waals surface area contributed by atoms with E-state index in [1.165, 1.54) is 0 Å². The molecule has 1 fully saturated rings. The van der Waals surface area contributed by atoms with Crippen molar-refractivity contribution < 1.29 is 4.79 Å². The standard InChI is InChI=1S/C12H12BrCl2NO/c13-9-2-1-3-11(9)16-12(17)8-5-4-7(14)6-10(8)15/h4-6,9,11H,1-3H2,(H,16,17). The lowest BCUT2D eigenvalue weighted by molar-refractivity contribution is 0.0939. The Morgan fingerprint density at radius 2 is 2.12 bits per heavy atom. The second kappa shape index (κ2) is 5.59. The fraction of sp³-hybridized carbons (Fsp3) is 0.417. The average molecular weight is 337 g/mol. The number of hydrogen-bond donors (Lipinski definition) is 1. The number of benzene rings is 1. The highest BCUT2D eigenvalue weighted by Gasteiger charge is 2.27. The van der Waals surface area contributed by atoms with E-state index < -0.39 is 0 Å². The Morgan fingerprint density at radius 1 is 1.35 bits per heavy atom. The van der Waals surface area contributed by atoms with E-state index in [1.54, 1.807) is 18.2 Å². The van der Waals surface area contributed by atoms with Gasteiger partial charge in [-0.2, -0.15) is 0 Å². The largest absolute Gasteiger partial charge is 0.348 e. The molecule has 2 atom stereocenters. The minimum absolute atomic E-state index is 0.136. The molecule has 1 aliphatic rings. The van der Waals surface area contributed by atoms with Crippen molar-refractivity contribution in [3.63, 3.8) is 0 Å². The summed E-state index contributed by atoms with van der Waals surface area (Å²) in [5.41, 5.74) is 0.475. The van der Waals surface area contributed by atoms with E-state index in [1.807, 2.05) is 0 Å². The van der Waals surface area contributed by atoms with Crippen LogP contribution in [-0.2, 0) is 0 Å². The molecule has 1 aliphatic carbocycles. The van der Waals surface area contributed by atoms with Gasteiger partial charge < -0.3 is 5.32 Å². The summed E-state index contributed by atoms with van der Waals surface area (Å²) in [6, 6.07) is 5.09. The molecule has 0 aliphatic heterocycles. The summed E-state index contributed by atoms with van der Waals surface area (Å²) in [5, 5.41) is 3.91. The lowest BCUT2D eigenvalue weighted by Crippen LogP contribution is -2.37. The van der Waals surface area contributed by atoms with E-state index in [0.717, 1.165) is 19.3 Å². The van der Waals surface area contributed by atoms with E-state index in [9.17, 15) is 4.79 Å². The highest BCUT2D eigenvalue weighted by molar-refractivity contribution is 9.09. The smallest absolute Gasteiger partial charge is 0.253 e. The van der Waals surface area contributed by atoms with Crippen LogP contribution in [0.4, 0.5) is 0 Å². The van der Waals surface area contributed by atoms with Crippen molar-refractivity contribution in [2.75, 3.05) is 0 Å². The number of carbonyl (C=O) groups excluding carboxylic acids is 1. The van der Waals surface area contributed by atoms with Gasteiger partial charge in [-0.3, -0.25) is 4.79 Å². The molecule has 0 saturated heterocycles. The molecule has 2 unspecified atom stereocenters. The monoisotopic (exact) mass is 335 g/mol. The van der Waals surface area contributed by atoms with Crippen LogP contribution in [0.25, 0.3) is 0 Å². The highest BCUT2D eigenvalue weighted by atomic mass is 79.9. The van der Waals surface area contributed by atoms with E-state index >= 15 is 0 Å². The third-order valence-electron chi connectivity index (χ3n) is 2.92. The van der Waals surface area contributed by atoms with Crippen molar-refractivity contribution in [2.24, 2.45) is 0 Å². The van der Waals surface area contributed by atoms with Crippen LogP contribution in [-0.4, -0.2) is 16.8 Å². The molecule has 1 amide bonds. The number of nitrogens with one attached hydrogen (secondary N) is 1. The Bertz CT molecular complexity index is 439. The summed E-state index contributed by atoms with van der Waals surface area (Å²) in [7, 11) is 0. The van der Waals surface area contributed by atoms with Gasteiger partial charge in [0.05, 0.1) is 10.6 Å². The molecule has 1 saturated carbocycles. The molecular weight excluding hydrogens is 325 g/mol. The molecular formula is C12H12BrCl2NO. The van der Waals surface area contributed by atoms with Crippen molar-refractivity contribution in [3.8, 4) is 0 Å². The average Bonchev–Trinajstić information content (AvgIpc) is 2.64. The first-order chi connectivity index (χ1) is 8.08. The number of halogens is 3. The van der Waals surface area contributed by atoms with Gasteiger partial charge in [-0.1, -0.05) is 45.6 Å². The first-order valence-electron chi connectivity index (χ1n) is 5.48. The SMILES string of the molecule is O=C(NC1CCCC1Br)c1ccc(Cl)cc1Cl. The molecule has 17 heavy (non-hydrogen) atoms. The van der Waals surface area contributed by atoms with Crippen LogP contribution in [0.5, 0.6) is 0 Å². The Balaban J connectivity index is 2.09. The number of alkyl halides is 1. The lowest BCUT2D eigenvalue weighted by Gasteiger charge is -2.16. The van der Waals surface area contributed by atoms with E-state index in [0.29, 0.717) is 20.4 Å². The fourth-order valence-electron chi connectivity index (χ4n) is 2.00. The van der Waals surface area contributed by atoms with Crippen molar-refractivity contribution in [3.05, 3.63) is 33.8 Å². The van der Waals surface area contributed by atoms with Gasteiger partial charge in [-0.25, -0.2) is 0 Å². The third-order valence-corrected chi connectivity index (χ3v) is 4.57. The van der Waals surface area contributed by atoms with Crippen LogP contribution in [0.1, 0.15) is 29.6 Å². The second-order valence-corrected chi connectivity index (χ2v) is 6.17. The number of hydrogen-bond acceptors (Lipinski definition) is 1. The minimum Gasteiger partial charge on any atom is -0.348 e. The van der Waals surface area contributed by atoms with Crippen LogP contribution in [0.2, 0.25) is 10.0 Å². The zero-order valence-electron chi connectivity index (χ0n) is 9.05. The van der Waals surface area contributed by atoms with Gasteiger partial charge in [0, 0.05) is 15.9 Å². The molecule has 0 spiro atoms. The number of rotatable bonds is 2. The lowest BCUT2D eigenvalue weighted by atomic mass is 10.2. The maximum absolute atomic E-state index is 12.0. The normalized spacial score (nSPS) is 23.7. The zero-order chi connectivity index (χ0) is 12.4. The fourth-order valence-corrected chi connectivity index (χ4v) is 3.21. The zero-order valence-corrected chi connectivity index (χ0v) is 12.1. The summed E-state index contributed by atoms with van der Waals surface area (Å²) in [6.07, 6.45) is 3.24. The Morgan fingerprint density at radius 3 is 2.71 bits per heavy atom. The first kappa shape index (κ1) is 13.2. The molecule has 1 aromatic rings. The van der Waals surface area contributed by atoms with Gasteiger partial charge in [0.25, 0.3) is 5.91 Å². The summed E-state index contributed by atoms with van der Waals surface area (Å²) in [4.78, 5) is 12.4. The first-order valence-corrected chi connectivity index (χ1v) is 7.15. The van der Waals surface area contributed by atoms with Crippen molar-refractivity contribution in [1.82, 2.24) is 5.32 Å². The van der Waals surface area contributed by atoms with E-state index in [-0.39, 0.29) is 11.9 Å². The van der Waals surface area contributed by atoms with Crippen molar-refractivity contribution in [1.29, 1.82) is 0 Å². The van der Waals surface area contributed by atoms with Crippen LogP contribution in [0, 0.1) is 0 Å². The number of carbonyl (C=O) groups is 1. The van der Waals surface area contributed by atoms with Crippen LogP contribution in [0.15, 0.2) is 18.2 Å². The maximum Gasteiger partial charge on any atom is 0.253 e. The van der Waals surface area contributed by atoms with Gasteiger partial charge in [0.1, 0.15) is 0 Å². The highest BCUT2D eigenvalue weighted by Crippen LogP contribution is 2.27. The summed E-state index contributed by atoms with van der Waals surface area (Å²) < 4.78 is 0. The van der Waals surface area contributed by atoms with Gasteiger partial charge in [0.2, 0.25) is 0 Å². The van der Waals surface area contributed by atoms with Gasteiger partial charge in [-0.05, 0) is 31.0 Å². The van der Waals surface area contributed by atoms with E-state index in [2.05, 4.69) is 21.2 Å². The van der Waals surface area contributed by atoms with Gasteiger partial charge >= 0.3 is 0 Å². The summed E-state index contributed by atoms with van der Waals surface area (Å²) >= 11 is 15.3. The van der Waals surface area contributed by atoms with E-state index in [4.69, 9.17) is 23.2 Å². The quantitative estimate of drug-likeness (QED) is 0.811. The molecule has 1 N–H and O–H groups in total. The van der Waals surface area contributed by atoms with Gasteiger partial charge in [0.15, 0.2) is 0 Å². The number of amides is 1. The Hall–Kier alpha value is -0.250. The minimum atomic E-state index is -0.136. The summed E-state index contributed by atoms with van der Waals surface area (Å²) in [5.74, 6) is -0.136. The molecule has 2 rings (SSSR count). The maximum atomic E-state index is 12.0. The van der Waals surface area contributed by atoms with Crippen molar-refractivity contribution >= 4 is 45.0 Å². The second-order valence-electron chi connectivity index (χ2n) is 4.15. The van der Waals surface area contributed by atoms with Gasteiger partial charge in [-0.15, -0.1) is 0 Å². The van der Waals surface area contributed by atoms with Crippen LogP contribution < -0.4 is 5.32 Å². The predicted octanol–water partition coefficient (Wildman–Crippen LogP) is 4.04. The topological polar surface area (TPSA) is 29.1 Å². The summed E-state index contributed by atoms with van der Waals surface area (Å²) in [6.45, 7) is 0. The molecule has 5 heteroatoms. The molecule has 0 aromatic heterocycles. The molecule has 0 heterocycles. The molecule has 92 valence electrons. The molecule has 1 aromatic carbocycles. The van der Waals surface area contributed by atoms with Crippen molar-refractivity contribution in [2.45, 2.75) is 30.1 Å². The molecule has 0 bridgehead atoms. The third kappa shape index (κ3) is 3.15. The molecule has 0 radical (unpaired) electrons. The molecule has 2 nitrogen and oxygen atoms in total. The van der Waals surface area contributed by atoms with Crippen LogP contribution >= 0.6 is 39.1 Å². The predicted molar refractivity (Wildman–Crippen MR) is 74.3 cm³/mol. The Labute approximate surface area is 119 Å².